The molecule has 11 nitrogen and oxygen atoms in total. The van der Waals surface area contributed by atoms with Crippen LogP contribution in [0.2, 0.25) is 0 Å². The van der Waals surface area contributed by atoms with Crippen LogP contribution in [0.3, 0.4) is 0 Å². The van der Waals surface area contributed by atoms with Crippen molar-refractivity contribution in [3.05, 3.63) is 29.8 Å². The number of ether oxygens (including phenoxy) is 2. The molecule has 0 aliphatic rings. The van der Waals surface area contributed by atoms with Gasteiger partial charge >= 0.3 is 12.1 Å². The Hall–Kier alpha value is -3.81. The van der Waals surface area contributed by atoms with Crippen LogP contribution in [0.1, 0.15) is 66.0 Å². The summed E-state index contributed by atoms with van der Waals surface area (Å²) in [7, 11) is 0. The zero-order chi connectivity index (χ0) is 28.2. The normalized spacial score (nSPS) is 13.3. The number of aromatic hydroxyl groups is 1. The van der Waals surface area contributed by atoms with Gasteiger partial charge < -0.3 is 30.1 Å². The highest BCUT2D eigenvalue weighted by Gasteiger charge is 2.38. The van der Waals surface area contributed by atoms with Crippen LogP contribution in [0.5, 0.6) is 5.75 Å². The van der Waals surface area contributed by atoms with Crippen LogP contribution >= 0.6 is 0 Å². The molecule has 0 spiro atoms. The quantitative estimate of drug-likeness (QED) is 0.281. The van der Waals surface area contributed by atoms with E-state index in [-0.39, 0.29) is 31.2 Å². The molecule has 3 N–H and O–H groups in total. The van der Waals surface area contributed by atoms with E-state index in [1.165, 1.54) is 24.3 Å². The predicted molar refractivity (Wildman–Crippen MR) is 135 cm³/mol. The lowest BCUT2D eigenvalue weighted by Crippen LogP contribution is -2.55. The predicted octanol–water partition coefficient (Wildman–Crippen LogP) is 2.79. The molecule has 0 saturated heterocycles. The Balaban J connectivity index is 3.36. The van der Waals surface area contributed by atoms with E-state index in [9.17, 15) is 29.5 Å². The van der Waals surface area contributed by atoms with Crippen molar-refractivity contribution in [3.8, 4) is 11.8 Å². The zero-order valence-corrected chi connectivity index (χ0v) is 22.4. The summed E-state index contributed by atoms with van der Waals surface area (Å²) in [5.41, 5.74) is -0.470. The highest BCUT2D eigenvalue weighted by atomic mass is 16.6. The summed E-state index contributed by atoms with van der Waals surface area (Å²) < 4.78 is 10.2. The molecule has 11 heteroatoms. The molecule has 0 saturated carbocycles. The summed E-state index contributed by atoms with van der Waals surface area (Å²) in [5.74, 6) is -2.19. The van der Waals surface area contributed by atoms with Gasteiger partial charge in [-0.15, -0.1) is 0 Å². The molecule has 3 atom stereocenters. The van der Waals surface area contributed by atoms with E-state index in [1.807, 2.05) is 13.0 Å². The first-order valence-electron chi connectivity index (χ1n) is 12.2. The van der Waals surface area contributed by atoms with E-state index in [0.717, 1.165) is 4.90 Å². The van der Waals surface area contributed by atoms with Gasteiger partial charge in [0.05, 0.1) is 19.1 Å². The molecular formula is C26H38N4O7. The van der Waals surface area contributed by atoms with E-state index >= 15 is 0 Å². The number of carbonyl (C=O) groups is 4. The van der Waals surface area contributed by atoms with Gasteiger partial charge in [-0.3, -0.25) is 14.4 Å². The molecule has 0 radical (unpaired) electrons. The Morgan fingerprint density at radius 2 is 1.76 bits per heavy atom. The fourth-order valence-corrected chi connectivity index (χ4v) is 3.42. The standard InChI is InChI=1S/C26H38N4O7/c1-7-17(3)21(29-25(35)37-26(4,5)6)24(34)30(16-14-27)22(18-9-11-19(31)12-10-18)23(33)28-15-13-20(32)36-8-2/h9-12,17,21-22,31H,7-8,13,15-16H2,1-6H3,(H,28,33)(H,29,35). The number of benzene rings is 1. The van der Waals surface area contributed by atoms with Gasteiger partial charge in [0.25, 0.3) is 0 Å². The van der Waals surface area contributed by atoms with Gasteiger partial charge in [0.1, 0.15) is 30.0 Å². The molecule has 0 fully saturated rings. The molecule has 0 aliphatic carbocycles. The fraction of sp³-hybridized carbons (Fsp3) is 0.577. The van der Waals surface area contributed by atoms with Crippen LogP contribution in [-0.2, 0) is 23.9 Å². The van der Waals surface area contributed by atoms with Crippen molar-refractivity contribution in [3.63, 3.8) is 0 Å². The molecule has 1 aromatic carbocycles. The number of nitrogens with one attached hydrogen (secondary N) is 2. The molecule has 37 heavy (non-hydrogen) atoms. The molecule has 3 unspecified atom stereocenters. The number of amides is 3. The average Bonchev–Trinajstić information content (AvgIpc) is 2.81. The molecule has 1 aromatic rings. The van der Waals surface area contributed by atoms with Crippen molar-refractivity contribution in [1.82, 2.24) is 15.5 Å². The number of alkyl carbamates (subject to hydrolysis) is 1. The second kappa shape index (κ2) is 14.7. The largest absolute Gasteiger partial charge is 0.508 e. The van der Waals surface area contributed by atoms with Gasteiger partial charge in [0.2, 0.25) is 11.8 Å². The van der Waals surface area contributed by atoms with Crippen LogP contribution in [-0.4, -0.2) is 65.2 Å². The third-order valence-electron chi connectivity index (χ3n) is 5.38. The Morgan fingerprint density at radius 1 is 1.14 bits per heavy atom. The third kappa shape index (κ3) is 10.4. The topological polar surface area (TPSA) is 158 Å². The van der Waals surface area contributed by atoms with Gasteiger partial charge in [-0.2, -0.15) is 5.26 Å². The van der Waals surface area contributed by atoms with Gasteiger partial charge in [0.15, 0.2) is 0 Å². The van der Waals surface area contributed by atoms with Gasteiger partial charge in [0, 0.05) is 6.54 Å². The van der Waals surface area contributed by atoms with E-state index in [1.54, 1.807) is 34.6 Å². The number of esters is 1. The third-order valence-corrected chi connectivity index (χ3v) is 5.38. The molecule has 0 aromatic heterocycles. The highest BCUT2D eigenvalue weighted by molar-refractivity contribution is 5.92. The minimum absolute atomic E-state index is 0.0487. The zero-order valence-electron chi connectivity index (χ0n) is 22.4. The number of carbonyl (C=O) groups excluding carboxylic acids is 4. The first-order chi connectivity index (χ1) is 17.3. The van der Waals surface area contributed by atoms with Crippen molar-refractivity contribution in [2.75, 3.05) is 19.7 Å². The summed E-state index contributed by atoms with van der Waals surface area (Å²) in [4.78, 5) is 52.4. The van der Waals surface area contributed by atoms with E-state index in [4.69, 9.17) is 9.47 Å². The van der Waals surface area contributed by atoms with Crippen LogP contribution in [0.15, 0.2) is 24.3 Å². The second-order valence-electron chi connectivity index (χ2n) is 9.47. The van der Waals surface area contributed by atoms with Gasteiger partial charge in [-0.1, -0.05) is 32.4 Å². The van der Waals surface area contributed by atoms with Crippen molar-refractivity contribution >= 4 is 23.9 Å². The highest BCUT2D eigenvalue weighted by Crippen LogP contribution is 2.26. The molecule has 1 rings (SSSR count). The van der Waals surface area contributed by atoms with Crippen LogP contribution in [0, 0.1) is 17.2 Å². The Labute approximate surface area is 218 Å². The van der Waals surface area contributed by atoms with Gasteiger partial charge in [-0.25, -0.2) is 4.79 Å². The number of hydrogen-bond acceptors (Lipinski definition) is 8. The maximum atomic E-state index is 13.8. The average molecular weight is 519 g/mol. The summed E-state index contributed by atoms with van der Waals surface area (Å²) >= 11 is 0. The molecular weight excluding hydrogens is 480 g/mol. The lowest BCUT2D eigenvalue weighted by atomic mass is 9.95. The minimum Gasteiger partial charge on any atom is -0.508 e. The van der Waals surface area contributed by atoms with Gasteiger partial charge in [-0.05, 0) is 51.3 Å². The SMILES string of the molecule is CCOC(=O)CCNC(=O)C(c1ccc(O)cc1)N(CC#N)C(=O)C(NC(=O)OC(C)(C)C)C(C)CC. The first-order valence-corrected chi connectivity index (χ1v) is 12.2. The molecule has 0 bridgehead atoms. The number of nitriles is 1. The van der Waals surface area contributed by atoms with E-state index < -0.39 is 48.1 Å². The lowest BCUT2D eigenvalue weighted by Gasteiger charge is -2.34. The molecule has 0 aliphatic heterocycles. The smallest absolute Gasteiger partial charge is 0.408 e. The number of rotatable bonds is 12. The Kier molecular flexibility index (Phi) is 12.4. The van der Waals surface area contributed by atoms with Crippen LogP contribution in [0.4, 0.5) is 4.79 Å². The monoisotopic (exact) mass is 518 g/mol. The summed E-state index contributed by atoms with van der Waals surface area (Å²) in [6, 6.07) is 5.19. The summed E-state index contributed by atoms with van der Waals surface area (Å²) in [5, 5.41) is 24.5. The Morgan fingerprint density at radius 3 is 2.27 bits per heavy atom. The van der Waals surface area contributed by atoms with Crippen LogP contribution in [0.25, 0.3) is 0 Å². The second-order valence-corrected chi connectivity index (χ2v) is 9.47. The van der Waals surface area contributed by atoms with Crippen molar-refractivity contribution in [1.29, 1.82) is 5.26 Å². The lowest BCUT2D eigenvalue weighted by molar-refractivity contribution is -0.144. The molecule has 0 heterocycles. The number of hydrogen-bond donors (Lipinski definition) is 3. The fourth-order valence-electron chi connectivity index (χ4n) is 3.42. The number of phenolic OH excluding ortho intramolecular Hbond substituents is 1. The van der Waals surface area contributed by atoms with E-state index in [2.05, 4.69) is 10.6 Å². The first kappa shape index (κ1) is 31.2. The summed E-state index contributed by atoms with van der Waals surface area (Å²) in [6.07, 6.45) is -0.366. The Bertz CT molecular complexity index is 967. The van der Waals surface area contributed by atoms with Crippen molar-refractivity contribution in [2.45, 2.75) is 72.1 Å². The maximum Gasteiger partial charge on any atom is 0.408 e. The maximum absolute atomic E-state index is 13.8. The summed E-state index contributed by atoms with van der Waals surface area (Å²) in [6.45, 7) is 10.0. The molecule has 3 amide bonds. The van der Waals surface area contributed by atoms with Crippen LogP contribution < -0.4 is 10.6 Å². The molecule has 204 valence electrons. The van der Waals surface area contributed by atoms with Crippen molar-refractivity contribution in [2.24, 2.45) is 5.92 Å². The minimum atomic E-state index is -1.28. The number of nitrogens with zero attached hydrogens (tertiary/aromatic N) is 2. The van der Waals surface area contributed by atoms with E-state index in [0.29, 0.717) is 12.0 Å². The number of phenols is 1. The van der Waals surface area contributed by atoms with Crippen molar-refractivity contribution < 1.29 is 33.8 Å².